The van der Waals surface area contributed by atoms with E-state index in [0.29, 0.717) is 13.1 Å². The lowest BCUT2D eigenvalue weighted by Gasteiger charge is -2.36. The van der Waals surface area contributed by atoms with E-state index in [1.54, 1.807) is 6.26 Å². The van der Waals surface area contributed by atoms with Gasteiger partial charge in [0.2, 0.25) is 5.91 Å². The van der Waals surface area contributed by atoms with E-state index in [4.69, 9.17) is 4.52 Å². The Kier molecular flexibility index (Phi) is 10.1. The van der Waals surface area contributed by atoms with Crippen molar-refractivity contribution < 1.29 is 9.32 Å². The number of hydrogen-bond acceptors (Lipinski definition) is 5. The quantitative estimate of drug-likeness (QED) is 0.271. The number of aliphatic imine (C=N–C) groups is 1. The van der Waals surface area contributed by atoms with Gasteiger partial charge < -0.3 is 20.1 Å². The molecule has 1 saturated heterocycles. The smallest absolute Gasteiger partial charge is 0.225 e. The van der Waals surface area contributed by atoms with Gasteiger partial charge >= 0.3 is 0 Å². The van der Waals surface area contributed by atoms with Gasteiger partial charge in [-0.3, -0.25) is 14.7 Å². The number of hydrogen-bond donors (Lipinski definition) is 2. The molecule has 0 unspecified atom stereocenters. The van der Waals surface area contributed by atoms with Crippen molar-refractivity contribution in [2.45, 2.75) is 34.2 Å². The Morgan fingerprint density at radius 1 is 1.26 bits per heavy atom. The van der Waals surface area contributed by atoms with Crippen LogP contribution >= 0.6 is 24.0 Å². The van der Waals surface area contributed by atoms with Gasteiger partial charge in [0.15, 0.2) is 5.96 Å². The van der Waals surface area contributed by atoms with Crippen molar-refractivity contribution in [3.63, 3.8) is 0 Å². The van der Waals surface area contributed by atoms with Gasteiger partial charge in [0.05, 0.1) is 12.2 Å². The topological polar surface area (TPSA) is 86.0 Å². The number of nitrogens with one attached hydrogen (secondary N) is 2. The maximum atomic E-state index is 11.9. The summed E-state index contributed by atoms with van der Waals surface area (Å²) >= 11 is 0. The minimum Gasteiger partial charge on any atom is -0.364 e. The van der Waals surface area contributed by atoms with Crippen LogP contribution < -0.4 is 10.6 Å². The molecule has 8 nitrogen and oxygen atoms in total. The van der Waals surface area contributed by atoms with Gasteiger partial charge in [0, 0.05) is 57.3 Å². The van der Waals surface area contributed by atoms with Gasteiger partial charge in [-0.15, -0.1) is 24.0 Å². The van der Waals surface area contributed by atoms with Crippen molar-refractivity contribution in [1.29, 1.82) is 0 Å². The fraction of sp³-hybridized carbons (Fsp3) is 0.722. The SMILES string of the molecule is CCNC(=NCCNC(=O)C(C)(C)C)N1CCN(Cc2ccon2)CC1.I. The Morgan fingerprint density at radius 2 is 1.96 bits per heavy atom. The highest BCUT2D eigenvalue weighted by Gasteiger charge is 2.21. The van der Waals surface area contributed by atoms with Crippen LogP contribution in [0.25, 0.3) is 0 Å². The monoisotopic (exact) mass is 492 g/mol. The van der Waals surface area contributed by atoms with Crippen LogP contribution in [0.2, 0.25) is 0 Å². The molecule has 2 heterocycles. The number of nitrogens with zero attached hydrogens (tertiary/aromatic N) is 4. The van der Waals surface area contributed by atoms with Gasteiger partial charge in [0.1, 0.15) is 6.26 Å². The van der Waals surface area contributed by atoms with Crippen molar-refractivity contribution in [2.75, 3.05) is 45.8 Å². The summed E-state index contributed by atoms with van der Waals surface area (Å²) < 4.78 is 4.89. The van der Waals surface area contributed by atoms with E-state index in [0.717, 1.165) is 50.9 Å². The number of rotatable bonds is 6. The van der Waals surface area contributed by atoms with Crippen molar-refractivity contribution in [3.8, 4) is 0 Å². The molecule has 2 rings (SSSR count). The Bertz CT molecular complexity index is 577. The first-order chi connectivity index (χ1) is 12.4. The van der Waals surface area contributed by atoms with E-state index in [9.17, 15) is 4.79 Å². The molecule has 9 heteroatoms. The molecule has 154 valence electrons. The second kappa shape index (κ2) is 11.5. The molecule has 0 bridgehead atoms. The third kappa shape index (κ3) is 8.04. The van der Waals surface area contributed by atoms with Gasteiger partial charge in [-0.05, 0) is 6.92 Å². The third-order valence-electron chi connectivity index (χ3n) is 4.22. The number of guanidine groups is 1. The first-order valence-electron chi connectivity index (χ1n) is 9.33. The summed E-state index contributed by atoms with van der Waals surface area (Å²) in [6.07, 6.45) is 1.61. The largest absolute Gasteiger partial charge is 0.364 e. The first kappa shape index (κ1) is 23.7. The lowest BCUT2D eigenvalue weighted by Crippen LogP contribution is -2.52. The molecular formula is C18H33IN6O2. The fourth-order valence-electron chi connectivity index (χ4n) is 2.69. The second-order valence-electron chi connectivity index (χ2n) is 7.50. The molecule has 1 fully saturated rings. The fourth-order valence-corrected chi connectivity index (χ4v) is 2.69. The normalized spacial score (nSPS) is 16.0. The van der Waals surface area contributed by atoms with Gasteiger partial charge in [0.25, 0.3) is 0 Å². The summed E-state index contributed by atoms with van der Waals surface area (Å²) in [7, 11) is 0. The lowest BCUT2D eigenvalue weighted by molar-refractivity contribution is -0.128. The van der Waals surface area contributed by atoms with E-state index in [2.05, 4.69) is 37.5 Å². The minimum absolute atomic E-state index is 0. The average molecular weight is 492 g/mol. The summed E-state index contributed by atoms with van der Waals surface area (Å²) in [6, 6.07) is 1.91. The summed E-state index contributed by atoms with van der Waals surface area (Å²) in [6.45, 7) is 14.3. The van der Waals surface area contributed by atoms with Crippen LogP contribution in [-0.2, 0) is 11.3 Å². The highest BCUT2D eigenvalue weighted by molar-refractivity contribution is 14.0. The number of halogens is 1. The molecule has 0 atom stereocenters. The van der Waals surface area contributed by atoms with Crippen molar-refractivity contribution in [2.24, 2.45) is 10.4 Å². The van der Waals surface area contributed by atoms with Crippen LogP contribution in [-0.4, -0.2) is 72.6 Å². The molecule has 1 aliphatic heterocycles. The van der Waals surface area contributed by atoms with Crippen LogP contribution in [0.5, 0.6) is 0 Å². The Morgan fingerprint density at radius 3 is 2.52 bits per heavy atom. The summed E-state index contributed by atoms with van der Waals surface area (Å²) in [5, 5.41) is 10.3. The predicted octanol–water partition coefficient (Wildman–Crippen LogP) is 1.54. The number of piperazine rings is 1. The second-order valence-corrected chi connectivity index (χ2v) is 7.50. The summed E-state index contributed by atoms with van der Waals surface area (Å²) in [5.41, 5.74) is 0.600. The average Bonchev–Trinajstić information content (AvgIpc) is 3.10. The van der Waals surface area contributed by atoms with Crippen LogP contribution in [0.3, 0.4) is 0 Å². The third-order valence-corrected chi connectivity index (χ3v) is 4.22. The Balaban J connectivity index is 0.00000364. The minimum atomic E-state index is -0.367. The van der Waals surface area contributed by atoms with Crippen LogP contribution in [0.15, 0.2) is 21.8 Å². The molecule has 2 N–H and O–H groups in total. The highest BCUT2D eigenvalue weighted by Crippen LogP contribution is 2.12. The van der Waals surface area contributed by atoms with E-state index < -0.39 is 0 Å². The van der Waals surface area contributed by atoms with Crippen molar-refractivity contribution in [3.05, 3.63) is 18.0 Å². The highest BCUT2D eigenvalue weighted by atomic mass is 127. The molecule has 0 saturated carbocycles. The van der Waals surface area contributed by atoms with E-state index >= 15 is 0 Å². The maximum Gasteiger partial charge on any atom is 0.225 e. The van der Waals surface area contributed by atoms with Crippen LogP contribution in [0.4, 0.5) is 0 Å². The Labute approximate surface area is 179 Å². The van der Waals surface area contributed by atoms with Crippen LogP contribution in [0.1, 0.15) is 33.4 Å². The maximum absolute atomic E-state index is 11.9. The van der Waals surface area contributed by atoms with E-state index in [1.165, 1.54) is 0 Å². The number of carbonyl (C=O) groups is 1. The number of amides is 1. The van der Waals surface area contributed by atoms with E-state index in [1.807, 2.05) is 26.8 Å². The molecule has 1 aromatic rings. The van der Waals surface area contributed by atoms with Crippen LogP contribution in [0, 0.1) is 5.41 Å². The molecule has 27 heavy (non-hydrogen) atoms. The first-order valence-corrected chi connectivity index (χ1v) is 9.33. The number of carbonyl (C=O) groups excluding carboxylic acids is 1. The standard InChI is InChI=1S/C18H32N6O2.HI/c1-5-19-17(21-8-7-20-16(25)18(2,3)4)24-11-9-23(10-12-24)14-15-6-13-26-22-15;/h6,13H,5,7-12,14H2,1-4H3,(H,19,21)(H,20,25);1H. The Hall–Kier alpha value is -1.36. The van der Waals surface area contributed by atoms with Crippen molar-refractivity contribution in [1.82, 2.24) is 25.6 Å². The predicted molar refractivity (Wildman–Crippen MR) is 117 cm³/mol. The zero-order valence-corrected chi connectivity index (χ0v) is 19.2. The molecule has 1 amide bonds. The zero-order chi connectivity index (χ0) is 19.0. The van der Waals surface area contributed by atoms with Gasteiger partial charge in [-0.1, -0.05) is 25.9 Å². The number of aromatic nitrogens is 1. The summed E-state index contributed by atoms with van der Waals surface area (Å²) in [5.74, 6) is 0.970. The van der Waals surface area contributed by atoms with Gasteiger partial charge in [-0.25, -0.2) is 0 Å². The summed E-state index contributed by atoms with van der Waals surface area (Å²) in [4.78, 5) is 21.2. The molecule has 0 spiro atoms. The molecule has 0 aliphatic carbocycles. The van der Waals surface area contributed by atoms with Crippen molar-refractivity contribution >= 4 is 35.8 Å². The molecule has 1 aromatic heterocycles. The molecule has 0 aromatic carbocycles. The lowest BCUT2D eigenvalue weighted by atomic mass is 9.96. The molecular weight excluding hydrogens is 459 g/mol. The van der Waals surface area contributed by atoms with Gasteiger partial charge in [-0.2, -0.15) is 0 Å². The zero-order valence-electron chi connectivity index (χ0n) is 16.8. The molecule has 1 aliphatic rings. The molecule has 0 radical (unpaired) electrons. The van der Waals surface area contributed by atoms with E-state index in [-0.39, 0.29) is 35.3 Å².